The molecule has 2 aliphatic rings. The largest absolute Gasteiger partial charge is 0.322 e. The molecule has 2 fully saturated rings. The second kappa shape index (κ2) is 6.39. The van der Waals surface area contributed by atoms with Gasteiger partial charge < -0.3 is 4.90 Å². The minimum Gasteiger partial charge on any atom is -0.322 e. The van der Waals surface area contributed by atoms with Gasteiger partial charge in [-0.1, -0.05) is 6.07 Å². The molecule has 1 aromatic carbocycles. The van der Waals surface area contributed by atoms with Gasteiger partial charge in [-0.25, -0.2) is 4.90 Å². The van der Waals surface area contributed by atoms with Crippen LogP contribution in [0.4, 0.5) is 5.69 Å². The molecule has 26 heavy (non-hydrogen) atoms. The summed E-state index contributed by atoms with van der Waals surface area (Å²) in [5.74, 6) is -0.888. The lowest BCUT2D eigenvalue weighted by molar-refractivity contribution is -0.122. The molecule has 0 spiro atoms. The van der Waals surface area contributed by atoms with Crippen LogP contribution < -0.4 is 4.90 Å². The van der Waals surface area contributed by atoms with Gasteiger partial charge in [0.05, 0.1) is 28.6 Å². The molecule has 4 rings (SSSR count). The van der Waals surface area contributed by atoms with Crippen LogP contribution >= 0.6 is 11.3 Å². The number of anilines is 1. The van der Waals surface area contributed by atoms with Crippen molar-refractivity contribution in [2.24, 2.45) is 0 Å². The molecule has 1 unspecified atom stereocenters. The first-order chi connectivity index (χ1) is 12.6. The van der Waals surface area contributed by atoms with Gasteiger partial charge in [-0.15, -0.1) is 11.3 Å². The molecule has 0 radical (unpaired) electrons. The standard InChI is InChI=1S/C19H15N3O3S/c20-11-12-3-5-14(6-4-12)22-17(23)10-15(18(22)24)21(13-7-8-13)19(25)16-2-1-9-26-16/h1-6,9,13,15H,7-8,10H2. The van der Waals surface area contributed by atoms with Gasteiger partial charge in [0.2, 0.25) is 5.91 Å². The van der Waals surface area contributed by atoms with Crippen molar-refractivity contribution in [3.63, 3.8) is 0 Å². The summed E-state index contributed by atoms with van der Waals surface area (Å²) in [5, 5.41) is 10.7. The Bertz CT molecular complexity index is 911. The Morgan fingerprint density at radius 3 is 2.50 bits per heavy atom. The van der Waals surface area contributed by atoms with Crippen LogP contribution in [0.3, 0.4) is 0 Å². The second-order valence-electron chi connectivity index (χ2n) is 6.37. The number of carbonyl (C=O) groups excluding carboxylic acids is 3. The third kappa shape index (κ3) is 2.78. The van der Waals surface area contributed by atoms with Crippen LogP contribution in [0.2, 0.25) is 0 Å². The van der Waals surface area contributed by atoms with Crippen molar-refractivity contribution < 1.29 is 14.4 Å². The lowest BCUT2D eigenvalue weighted by Gasteiger charge is -2.27. The number of benzene rings is 1. The molecule has 0 N–H and O–H groups in total. The van der Waals surface area contributed by atoms with E-state index in [2.05, 4.69) is 0 Å². The molecule has 1 saturated heterocycles. The van der Waals surface area contributed by atoms with Gasteiger partial charge in [0, 0.05) is 6.04 Å². The Hall–Kier alpha value is -2.98. The lowest BCUT2D eigenvalue weighted by Crippen LogP contribution is -2.46. The predicted molar refractivity (Wildman–Crippen MR) is 95.6 cm³/mol. The van der Waals surface area contributed by atoms with Crippen molar-refractivity contribution in [3.8, 4) is 6.07 Å². The normalized spacial score (nSPS) is 19.5. The van der Waals surface area contributed by atoms with Gasteiger partial charge in [0.15, 0.2) is 0 Å². The summed E-state index contributed by atoms with van der Waals surface area (Å²) >= 11 is 1.33. The number of nitrogens with zero attached hydrogens (tertiary/aromatic N) is 3. The molecule has 130 valence electrons. The number of hydrogen-bond donors (Lipinski definition) is 0. The number of imide groups is 1. The molecule has 3 amide bonds. The smallest absolute Gasteiger partial charge is 0.264 e. The highest BCUT2D eigenvalue weighted by molar-refractivity contribution is 7.12. The highest BCUT2D eigenvalue weighted by Gasteiger charge is 2.49. The molecule has 7 heteroatoms. The Balaban J connectivity index is 1.62. The topological polar surface area (TPSA) is 81.5 Å². The maximum atomic E-state index is 13.0. The van der Waals surface area contributed by atoms with E-state index >= 15 is 0 Å². The number of nitriles is 1. The van der Waals surface area contributed by atoms with Crippen molar-refractivity contribution in [2.45, 2.75) is 31.3 Å². The maximum absolute atomic E-state index is 13.0. The maximum Gasteiger partial charge on any atom is 0.264 e. The van der Waals surface area contributed by atoms with Gasteiger partial charge >= 0.3 is 0 Å². The zero-order chi connectivity index (χ0) is 18.3. The van der Waals surface area contributed by atoms with E-state index in [1.165, 1.54) is 11.3 Å². The predicted octanol–water partition coefficient (Wildman–Crippen LogP) is 2.56. The van der Waals surface area contributed by atoms with E-state index in [1.807, 2.05) is 11.4 Å². The molecule has 2 heterocycles. The number of hydrogen-bond acceptors (Lipinski definition) is 5. The van der Waals surface area contributed by atoms with Crippen LogP contribution in [0.15, 0.2) is 41.8 Å². The average molecular weight is 365 g/mol. The van der Waals surface area contributed by atoms with Crippen LogP contribution in [0.1, 0.15) is 34.5 Å². The minimum absolute atomic E-state index is 0.00749. The number of rotatable bonds is 4. The molecule has 1 saturated carbocycles. The van der Waals surface area contributed by atoms with E-state index in [0.29, 0.717) is 16.1 Å². The number of carbonyl (C=O) groups is 3. The summed E-state index contributed by atoms with van der Waals surface area (Å²) in [5.41, 5.74) is 0.887. The summed E-state index contributed by atoms with van der Waals surface area (Å²) in [6, 6.07) is 11.1. The zero-order valence-corrected chi connectivity index (χ0v) is 14.6. The highest BCUT2D eigenvalue weighted by atomic mass is 32.1. The molecular weight excluding hydrogens is 350 g/mol. The number of amides is 3. The Morgan fingerprint density at radius 1 is 1.19 bits per heavy atom. The van der Waals surface area contributed by atoms with Gasteiger partial charge in [-0.2, -0.15) is 5.26 Å². The van der Waals surface area contributed by atoms with E-state index in [0.717, 1.165) is 17.7 Å². The first kappa shape index (κ1) is 16.5. The highest BCUT2D eigenvalue weighted by Crippen LogP contribution is 2.35. The third-order valence-electron chi connectivity index (χ3n) is 4.62. The molecule has 1 aliphatic heterocycles. The molecular formula is C19H15N3O3S. The molecule has 0 bridgehead atoms. The molecule has 2 aromatic rings. The minimum atomic E-state index is -0.764. The first-order valence-corrected chi connectivity index (χ1v) is 9.21. The van der Waals surface area contributed by atoms with Crippen LogP contribution in [0, 0.1) is 11.3 Å². The lowest BCUT2D eigenvalue weighted by atomic mass is 10.2. The van der Waals surface area contributed by atoms with Gasteiger partial charge in [0.1, 0.15) is 6.04 Å². The van der Waals surface area contributed by atoms with Crippen molar-refractivity contribution in [1.82, 2.24) is 4.90 Å². The average Bonchev–Trinajstić information content (AvgIpc) is 3.23. The van der Waals surface area contributed by atoms with Crippen molar-refractivity contribution >= 4 is 34.7 Å². The van der Waals surface area contributed by atoms with E-state index in [9.17, 15) is 14.4 Å². The summed E-state index contributed by atoms with van der Waals surface area (Å²) in [6.07, 6.45) is 1.70. The van der Waals surface area contributed by atoms with E-state index in [4.69, 9.17) is 5.26 Å². The molecule has 6 nitrogen and oxygen atoms in total. The van der Waals surface area contributed by atoms with Crippen LogP contribution in [0.25, 0.3) is 0 Å². The SMILES string of the molecule is N#Cc1ccc(N2C(=O)CC(N(C(=O)c3cccs3)C3CC3)C2=O)cc1. The fourth-order valence-electron chi connectivity index (χ4n) is 3.23. The van der Waals surface area contributed by atoms with Gasteiger partial charge in [-0.3, -0.25) is 14.4 Å². The van der Waals surface area contributed by atoms with Gasteiger partial charge in [-0.05, 0) is 48.6 Å². The monoisotopic (exact) mass is 365 g/mol. The summed E-state index contributed by atoms with van der Waals surface area (Å²) < 4.78 is 0. The third-order valence-corrected chi connectivity index (χ3v) is 5.48. The molecule has 1 atom stereocenters. The van der Waals surface area contributed by atoms with Crippen molar-refractivity contribution in [1.29, 1.82) is 5.26 Å². The Labute approximate surface area is 154 Å². The Kier molecular flexibility index (Phi) is 4.05. The number of thiophene rings is 1. The van der Waals surface area contributed by atoms with Crippen LogP contribution in [0.5, 0.6) is 0 Å². The second-order valence-corrected chi connectivity index (χ2v) is 7.31. The van der Waals surface area contributed by atoms with E-state index in [-0.39, 0.29) is 30.2 Å². The van der Waals surface area contributed by atoms with Crippen molar-refractivity contribution in [3.05, 3.63) is 52.2 Å². The fraction of sp³-hybridized carbons (Fsp3) is 0.263. The quantitative estimate of drug-likeness (QED) is 0.780. The molecule has 1 aromatic heterocycles. The summed E-state index contributed by atoms with van der Waals surface area (Å²) in [7, 11) is 0. The van der Waals surface area contributed by atoms with Crippen LogP contribution in [-0.4, -0.2) is 34.7 Å². The zero-order valence-electron chi connectivity index (χ0n) is 13.8. The fourth-order valence-corrected chi connectivity index (χ4v) is 3.90. The Morgan fingerprint density at radius 2 is 1.92 bits per heavy atom. The molecule has 1 aliphatic carbocycles. The van der Waals surface area contributed by atoms with Gasteiger partial charge in [0.25, 0.3) is 11.8 Å². The van der Waals surface area contributed by atoms with E-state index in [1.54, 1.807) is 41.3 Å². The summed E-state index contributed by atoms with van der Waals surface area (Å²) in [4.78, 5) is 41.6. The first-order valence-electron chi connectivity index (χ1n) is 8.33. The van der Waals surface area contributed by atoms with Crippen LogP contribution in [-0.2, 0) is 9.59 Å². The summed E-state index contributed by atoms with van der Waals surface area (Å²) in [6.45, 7) is 0. The van der Waals surface area contributed by atoms with Crippen molar-refractivity contribution in [2.75, 3.05) is 4.90 Å². The van der Waals surface area contributed by atoms with E-state index < -0.39 is 6.04 Å².